The van der Waals surface area contributed by atoms with Gasteiger partial charge in [-0.05, 0) is 23.3 Å². The maximum absolute atomic E-state index is 12.6. The van der Waals surface area contributed by atoms with E-state index in [-0.39, 0.29) is 11.4 Å². The fourth-order valence-corrected chi connectivity index (χ4v) is 2.91. The summed E-state index contributed by atoms with van der Waals surface area (Å²) in [5.41, 5.74) is 3.81. The fourth-order valence-electron chi connectivity index (χ4n) is 2.91. The SMILES string of the molecule is CN(C)C=C(C#N)C(=O)C1=Cc2c(cccc2OCc2ccccc2)C1. The van der Waals surface area contributed by atoms with Crippen LogP contribution in [0.5, 0.6) is 5.75 Å². The van der Waals surface area contributed by atoms with Gasteiger partial charge in [0, 0.05) is 37.9 Å². The van der Waals surface area contributed by atoms with Crippen LogP contribution in [0.3, 0.4) is 0 Å². The van der Waals surface area contributed by atoms with Crippen LogP contribution in [0.25, 0.3) is 6.08 Å². The zero-order chi connectivity index (χ0) is 18.5. The van der Waals surface area contributed by atoms with Crippen LogP contribution >= 0.6 is 0 Å². The van der Waals surface area contributed by atoms with Crippen LogP contribution in [-0.2, 0) is 17.8 Å². The number of rotatable bonds is 6. The summed E-state index contributed by atoms with van der Waals surface area (Å²) in [7, 11) is 3.58. The van der Waals surface area contributed by atoms with Gasteiger partial charge >= 0.3 is 0 Å². The molecule has 0 radical (unpaired) electrons. The molecule has 0 fully saturated rings. The molecule has 1 aliphatic rings. The number of Topliss-reactive ketones (excluding diaryl/α,β-unsaturated/α-hetero) is 1. The van der Waals surface area contributed by atoms with Crippen LogP contribution < -0.4 is 4.74 Å². The minimum atomic E-state index is -0.230. The topological polar surface area (TPSA) is 53.3 Å². The summed E-state index contributed by atoms with van der Waals surface area (Å²) >= 11 is 0. The van der Waals surface area contributed by atoms with Crippen LogP contribution in [0.15, 0.2) is 65.9 Å². The van der Waals surface area contributed by atoms with Crippen LogP contribution in [0, 0.1) is 11.3 Å². The van der Waals surface area contributed by atoms with E-state index >= 15 is 0 Å². The summed E-state index contributed by atoms with van der Waals surface area (Å²) < 4.78 is 5.97. The molecule has 0 aliphatic heterocycles. The first-order valence-electron chi connectivity index (χ1n) is 8.40. The van der Waals surface area contributed by atoms with Gasteiger partial charge in [-0.1, -0.05) is 42.5 Å². The molecule has 0 heterocycles. The molecule has 0 N–H and O–H groups in total. The average Bonchev–Trinajstić information content (AvgIpc) is 3.09. The lowest BCUT2D eigenvalue weighted by Crippen LogP contribution is -2.10. The molecule has 3 rings (SSSR count). The zero-order valence-electron chi connectivity index (χ0n) is 14.9. The lowest BCUT2D eigenvalue weighted by Gasteiger charge is -2.10. The molecule has 4 nitrogen and oxygen atoms in total. The Morgan fingerprint density at radius 2 is 1.96 bits per heavy atom. The van der Waals surface area contributed by atoms with Crippen LogP contribution in [-0.4, -0.2) is 24.8 Å². The Morgan fingerprint density at radius 3 is 2.65 bits per heavy atom. The first kappa shape index (κ1) is 17.5. The van der Waals surface area contributed by atoms with Crippen LogP contribution in [0.1, 0.15) is 16.7 Å². The van der Waals surface area contributed by atoms with E-state index in [2.05, 4.69) is 0 Å². The number of allylic oxidation sites excluding steroid dienone is 2. The van der Waals surface area contributed by atoms with Crippen LogP contribution in [0.2, 0.25) is 0 Å². The molecule has 0 saturated carbocycles. The Balaban J connectivity index is 1.82. The van der Waals surface area contributed by atoms with E-state index < -0.39 is 0 Å². The van der Waals surface area contributed by atoms with Crippen molar-refractivity contribution < 1.29 is 9.53 Å². The molecule has 1 aliphatic carbocycles. The molecule has 0 atom stereocenters. The number of hydrogen-bond acceptors (Lipinski definition) is 4. The van der Waals surface area contributed by atoms with Crippen molar-refractivity contribution in [3.05, 3.63) is 82.6 Å². The summed E-state index contributed by atoms with van der Waals surface area (Å²) in [6.45, 7) is 0.471. The smallest absolute Gasteiger partial charge is 0.201 e. The lowest BCUT2D eigenvalue weighted by molar-refractivity contribution is -0.111. The zero-order valence-corrected chi connectivity index (χ0v) is 14.9. The van der Waals surface area contributed by atoms with E-state index in [4.69, 9.17) is 4.74 Å². The number of ether oxygens (including phenoxy) is 1. The van der Waals surface area contributed by atoms with Gasteiger partial charge in [0.2, 0.25) is 5.78 Å². The molecule has 26 heavy (non-hydrogen) atoms. The van der Waals surface area contributed by atoms with Gasteiger partial charge in [-0.2, -0.15) is 5.26 Å². The monoisotopic (exact) mass is 344 g/mol. The maximum Gasteiger partial charge on any atom is 0.201 e. The molecule has 0 spiro atoms. The highest BCUT2D eigenvalue weighted by Crippen LogP contribution is 2.34. The summed E-state index contributed by atoms with van der Waals surface area (Å²) in [6, 6.07) is 17.8. The van der Waals surface area contributed by atoms with Crippen molar-refractivity contribution in [2.45, 2.75) is 13.0 Å². The van der Waals surface area contributed by atoms with Gasteiger partial charge in [0.15, 0.2) is 0 Å². The second kappa shape index (κ2) is 7.71. The quantitative estimate of drug-likeness (QED) is 0.592. The predicted octanol–water partition coefficient (Wildman–Crippen LogP) is 3.74. The van der Waals surface area contributed by atoms with Crippen molar-refractivity contribution in [3.63, 3.8) is 0 Å². The summed E-state index contributed by atoms with van der Waals surface area (Å²) in [5, 5.41) is 9.27. The summed E-state index contributed by atoms with van der Waals surface area (Å²) in [6.07, 6.45) is 3.92. The predicted molar refractivity (Wildman–Crippen MR) is 101 cm³/mol. The van der Waals surface area contributed by atoms with Crippen molar-refractivity contribution in [3.8, 4) is 11.8 Å². The largest absolute Gasteiger partial charge is 0.488 e. The highest BCUT2D eigenvalue weighted by Gasteiger charge is 2.23. The van der Waals surface area contributed by atoms with E-state index in [1.54, 1.807) is 25.2 Å². The first-order chi connectivity index (χ1) is 12.6. The molecule has 0 bridgehead atoms. The molecule has 4 heteroatoms. The van der Waals surface area contributed by atoms with Crippen LogP contribution in [0.4, 0.5) is 0 Å². The number of nitrogens with zero attached hydrogens (tertiary/aromatic N) is 2. The third-order valence-corrected chi connectivity index (χ3v) is 4.14. The summed E-state index contributed by atoms with van der Waals surface area (Å²) in [5.74, 6) is 0.524. The number of fused-ring (bicyclic) bond motifs is 1. The average molecular weight is 344 g/mol. The second-order valence-electron chi connectivity index (χ2n) is 6.40. The van der Waals surface area contributed by atoms with Gasteiger partial charge in [-0.25, -0.2) is 0 Å². The first-order valence-corrected chi connectivity index (χ1v) is 8.40. The van der Waals surface area contributed by atoms with Crippen molar-refractivity contribution in [2.24, 2.45) is 0 Å². The minimum absolute atomic E-state index is 0.140. The summed E-state index contributed by atoms with van der Waals surface area (Å²) in [4.78, 5) is 14.3. The van der Waals surface area contributed by atoms with Crippen molar-refractivity contribution in [1.82, 2.24) is 4.90 Å². The van der Waals surface area contributed by atoms with Gasteiger partial charge < -0.3 is 9.64 Å². The standard InChI is InChI=1S/C22H20N2O2/c1-24(2)14-19(13-23)22(25)18-11-17-9-6-10-21(20(17)12-18)26-15-16-7-4-3-5-8-16/h3-10,12,14H,11,15H2,1-2H3. The number of ketones is 1. The highest BCUT2D eigenvalue weighted by atomic mass is 16.5. The molecule has 0 aromatic heterocycles. The minimum Gasteiger partial charge on any atom is -0.488 e. The highest BCUT2D eigenvalue weighted by molar-refractivity contribution is 6.14. The number of carbonyl (C=O) groups is 1. The second-order valence-corrected chi connectivity index (χ2v) is 6.40. The van der Waals surface area contributed by atoms with E-state index in [0.29, 0.717) is 18.6 Å². The van der Waals surface area contributed by atoms with Crippen molar-refractivity contribution in [2.75, 3.05) is 14.1 Å². The third-order valence-electron chi connectivity index (χ3n) is 4.14. The maximum atomic E-state index is 12.6. The Hall–Kier alpha value is -3.32. The normalized spacial score (nSPS) is 12.8. The Labute approximate surface area is 153 Å². The van der Waals surface area contributed by atoms with Gasteiger partial charge in [-0.3, -0.25) is 4.79 Å². The molecule has 0 unspecified atom stereocenters. The number of carbonyl (C=O) groups excluding carboxylic acids is 1. The number of hydrogen-bond donors (Lipinski definition) is 0. The Kier molecular flexibility index (Phi) is 5.19. The Bertz CT molecular complexity index is 919. The third kappa shape index (κ3) is 3.84. The van der Waals surface area contributed by atoms with E-state index in [0.717, 1.165) is 22.4 Å². The molecule has 0 saturated heterocycles. The van der Waals surface area contributed by atoms with Gasteiger partial charge in [0.1, 0.15) is 24.0 Å². The van der Waals surface area contributed by atoms with Crippen molar-refractivity contribution in [1.29, 1.82) is 5.26 Å². The van der Waals surface area contributed by atoms with Crippen molar-refractivity contribution >= 4 is 11.9 Å². The molecular weight excluding hydrogens is 324 g/mol. The van der Waals surface area contributed by atoms with Gasteiger partial charge in [0.25, 0.3) is 0 Å². The molecular formula is C22H20N2O2. The van der Waals surface area contributed by atoms with E-state index in [9.17, 15) is 10.1 Å². The van der Waals surface area contributed by atoms with E-state index in [1.165, 1.54) is 0 Å². The fraction of sp³-hybridized carbons (Fsp3) is 0.182. The van der Waals surface area contributed by atoms with Gasteiger partial charge in [0.05, 0.1) is 0 Å². The Morgan fingerprint density at radius 1 is 1.19 bits per heavy atom. The lowest BCUT2D eigenvalue weighted by atomic mass is 10.0. The molecule has 2 aromatic carbocycles. The van der Waals surface area contributed by atoms with Gasteiger partial charge in [-0.15, -0.1) is 0 Å². The molecule has 130 valence electrons. The number of nitriles is 1. The molecule has 2 aromatic rings. The number of benzene rings is 2. The van der Waals surface area contributed by atoms with E-state index in [1.807, 2.05) is 60.7 Å². The molecule has 0 amide bonds.